The molecule has 1 saturated carbocycles. The maximum Gasteiger partial charge on any atom is 0.328 e. The van der Waals surface area contributed by atoms with Crippen LogP contribution in [0.3, 0.4) is 0 Å². The van der Waals surface area contributed by atoms with Crippen molar-refractivity contribution in [1.82, 2.24) is 0 Å². The Balaban J connectivity index is 2.64. The second kappa shape index (κ2) is 6.51. The Hall–Kier alpha value is 0.110. The van der Waals surface area contributed by atoms with Gasteiger partial charge in [-0.25, -0.2) is 0 Å². The van der Waals surface area contributed by atoms with Crippen molar-refractivity contribution in [2.24, 2.45) is 5.92 Å². The molecule has 4 atom stereocenters. The minimum absolute atomic E-state index is 0.0315. The second-order valence-electron chi connectivity index (χ2n) is 5.77. The second-order valence-corrected chi connectivity index (χ2v) is 7.74. The minimum atomic E-state index is -3.00. The van der Waals surface area contributed by atoms with Gasteiger partial charge in [0.2, 0.25) is 0 Å². The summed E-state index contributed by atoms with van der Waals surface area (Å²) in [5.41, 5.74) is 0. The van der Waals surface area contributed by atoms with Gasteiger partial charge in [-0.15, -0.1) is 0 Å². The minimum Gasteiger partial charge on any atom is -0.373 e. The van der Waals surface area contributed by atoms with Crippen molar-refractivity contribution in [3.05, 3.63) is 0 Å². The van der Waals surface area contributed by atoms with E-state index >= 15 is 0 Å². The van der Waals surface area contributed by atoms with E-state index in [2.05, 4.69) is 6.92 Å². The van der Waals surface area contributed by atoms with Crippen LogP contribution >= 0.6 is 7.60 Å². The van der Waals surface area contributed by atoms with E-state index < -0.39 is 7.60 Å². The fraction of sp³-hybridized carbons (Fsp3) is 1.00. The lowest BCUT2D eigenvalue weighted by Gasteiger charge is -2.28. The molecule has 0 aliphatic heterocycles. The van der Waals surface area contributed by atoms with Crippen LogP contribution in [-0.2, 0) is 18.3 Å². The molecule has 1 aliphatic carbocycles. The van der Waals surface area contributed by atoms with Gasteiger partial charge in [-0.1, -0.05) is 6.92 Å². The molecule has 0 aromatic heterocycles. The van der Waals surface area contributed by atoms with E-state index in [1.165, 1.54) is 0 Å². The van der Waals surface area contributed by atoms with Gasteiger partial charge in [0.25, 0.3) is 0 Å². The van der Waals surface area contributed by atoms with Gasteiger partial charge in [0.05, 0.1) is 24.4 Å². The summed E-state index contributed by atoms with van der Waals surface area (Å²) in [5, 5.41) is 0. The zero-order valence-corrected chi connectivity index (χ0v) is 13.3. The van der Waals surface area contributed by atoms with Crippen molar-refractivity contribution < 1.29 is 18.3 Å². The lowest BCUT2D eigenvalue weighted by molar-refractivity contribution is -0.0524. The lowest BCUT2D eigenvalue weighted by Crippen LogP contribution is -2.31. The van der Waals surface area contributed by atoms with Gasteiger partial charge < -0.3 is 13.8 Å². The summed E-state index contributed by atoms with van der Waals surface area (Å²) in [6.07, 6.45) is 1.98. The topological polar surface area (TPSA) is 44.8 Å². The van der Waals surface area contributed by atoms with E-state index in [0.717, 1.165) is 12.8 Å². The first-order chi connectivity index (χ1) is 8.21. The highest BCUT2D eigenvalue weighted by atomic mass is 31.2. The van der Waals surface area contributed by atoms with Gasteiger partial charge in [-0.2, -0.15) is 0 Å². The summed E-state index contributed by atoms with van der Waals surface area (Å²) < 4.78 is 29.2. The van der Waals surface area contributed by atoms with E-state index in [-0.39, 0.29) is 24.4 Å². The van der Waals surface area contributed by atoms with Crippen LogP contribution in [0.25, 0.3) is 0 Å². The predicted octanol–water partition coefficient (Wildman–Crippen LogP) is 3.84. The van der Waals surface area contributed by atoms with Gasteiger partial charge in [0, 0.05) is 6.66 Å². The van der Waals surface area contributed by atoms with E-state index in [1.54, 1.807) is 6.66 Å². The molecule has 4 nitrogen and oxygen atoms in total. The van der Waals surface area contributed by atoms with E-state index in [1.807, 2.05) is 27.7 Å². The summed E-state index contributed by atoms with van der Waals surface area (Å²) in [6.45, 7) is 11.4. The smallest absolute Gasteiger partial charge is 0.328 e. The molecule has 0 aromatic carbocycles. The third-order valence-electron chi connectivity index (χ3n) is 3.00. The molecular formula is C13H27O4P. The van der Waals surface area contributed by atoms with Crippen LogP contribution in [0.4, 0.5) is 0 Å². The molecule has 1 rings (SSSR count). The number of hydrogen-bond donors (Lipinski definition) is 0. The molecule has 1 aliphatic rings. The Morgan fingerprint density at radius 1 is 1.11 bits per heavy atom. The first-order valence-corrected chi connectivity index (χ1v) is 8.80. The first-order valence-electron chi connectivity index (χ1n) is 6.81. The molecular weight excluding hydrogens is 251 g/mol. The van der Waals surface area contributed by atoms with E-state index in [0.29, 0.717) is 5.92 Å². The fourth-order valence-electron chi connectivity index (χ4n) is 2.42. The van der Waals surface area contributed by atoms with Crippen LogP contribution in [0.2, 0.25) is 0 Å². The quantitative estimate of drug-likeness (QED) is 0.692. The maximum absolute atomic E-state index is 12.3. The summed E-state index contributed by atoms with van der Waals surface area (Å²) in [7, 11) is -3.00. The molecule has 0 spiro atoms. The van der Waals surface area contributed by atoms with E-state index in [9.17, 15) is 4.57 Å². The van der Waals surface area contributed by atoms with Crippen molar-refractivity contribution in [3.63, 3.8) is 0 Å². The molecule has 5 heteroatoms. The Morgan fingerprint density at radius 3 is 2.22 bits per heavy atom. The molecule has 0 radical (unpaired) electrons. The third kappa shape index (κ3) is 5.00. The first kappa shape index (κ1) is 16.2. The largest absolute Gasteiger partial charge is 0.373 e. The van der Waals surface area contributed by atoms with Crippen molar-refractivity contribution in [3.8, 4) is 0 Å². The maximum atomic E-state index is 12.3. The summed E-state index contributed by atoms with van der Waals surface area (Å²) in [5.74, 6) is 0.359. The fourth-order valence-corrected chi connectivity index (χ4v) is 4.02. The van der Waals surface area contributed by atoms with Crippen LogP contribution in [0.15, 0.2) is 0 Å². The average molecular weight is 278 g/mol. The van der Waals surface area contributed by atoms with E-state index in [4.69, 9.17) is 13.8 Å². The standard InChI is InChI=1S/C13H27O4P/c1-9(2)15-12-8-7-11(5)13(12)17-18(6,14)16-10(3)4/h9-13H,7-8H2,1-6H3. The Morgan fingerprint density at radius 2 is 1.72 bits per heavy atom. The monoisotopic (exact) mass is 278 g/mol. The summed E-state index contributed by atoms with van der Waals surface area (Å²) in [4.78, 5) is 0. The number of rotatable bonds is 6. The molecule has 0 aromatic rings. The zero-order valence-electron chi connectivity index (χ0n) is 12.4. The third-order valence-corrected chi connectivity index (χ3v) is 4.43. The van der Waals surface area contributed by atoms with Crippen molar-refractivity contribution in [2.75, 3.05) is 6.66 Å². The average Bonchev–Trinajstić information content (AvgIpc) is 2.46. The van der Waals surface area contributed by atoms with Crippen LogP contribution < -0.4 is 0 Å². The van der Waals surface area contributed by atoms with Gasteiger partial charge in [-0.3, -0.25) is 4.57 Å². The molecule has 0 bridgehead atoms. The molecule has 0 saturated heterocycles. The highest BCUT2D eigenvalue weighted by molar-refractivity contribution is 7.53. The van der Waals surface area contributed by atoms with Crippen molar-refractivity contribution in [1.29, 1.82) is 0 Å². The Labute approximate surface area is 111 Å². The molecule has 0 heterocycles. The normalized spacial score (nSPS) is 32.1. The molecule has 4 unspecified atom stereocenters. The lowest BCUT2D eigenvalue weighted by atomic mass is 10.1. The SMILES string of the molecule is CC(C)OC1CCC(C)C1OP(C)(=O)OC(C)C. The van der Waals surface area contributed by atoms with Crippen LogP contribution in [0.1, 0.15) is 47.5 Å². The highest BCUT2D eigenvalue weighted by Gasteiger charge is 2.39. The van der Waals surface area contributed by atoms with Crippen molar-refractivity contribution in [2.45, 2.75) is 71.9 Å². The molecule has 0 amide bonds. The van der Waals surface area contributed by atoms with Gasteiger partial charge in [0.15, 0.2) is 0 Å². The van der Waals surface area contributed by atoms with Crippen LogP contribution in [0, 0.1) is 5.92 Å². The van der Waals surface area contributed by atoms with Gasteiger partial charge in [-0.05, 0) is 46.5 Å². The van der Waals surface area contributed by atoms with Gasteiger partial charge >= 0.3 is 7.60 Å². The van der Waals surface area contributed by atoms with Crippen LogP contribution in [0.5, 0.6) is 0 Å². The molecule has 1 fully saturated rings. The van der Waals surface area contributed by atoms with Gasteiger partial charge in [0.1, 0.15) is 0 Å². The Bertz CT molecular complexity index is 303. The summed E-state index contributed by atoms with van der Waals surface area (Å²) >= 11 is 0. The van der Waals surface area contributed by atoms with Crippen LogP contribution in [-0.4, -0.2) is 31.1 Å². The zero-order chi connectivity index (χ0) is 13.9. The summed E-state index contributed by atoms with van der Waals surface area (Å²) in [6, 6.07) is 0. The highest BCUT2D eigenvalue weighted by Crippen LogP contribution is 2.50. The van der Waals surface area contributed by atoms with Crippen molar-refractivity contribution >= 4 is 7.60 Å². The number of ether oxygens (including phenoxy) is 1. The molecule has 18 heavy (non-hydrogen) atoms. The molecule has 0 N–H and O–H groups in total. The predicted molar refractivity (Wildman–Crippen MR) is 73.0 cm³/mol. The number of hydrogen-bond acceptors (Lipinski definition) is 4. The molecule has 108 valence electrons. The Kier molecular flexibility index (Phi) is 5.85.